The van der Waals surface area contributed by atoms with Gasteiger partial charge in [0, 0.05) is 12.3 Å². The Bertz CT molecular complexity index is 513. The topological polar surface area (TPSA) is 105 Å². The van der Waals surface area contributed by atoms with Crippen LogP contribution in [-0.2, 0) is 4.74 Å². The third-order valence-electron chi connectivity index (χ3n) is 2.60. The zero-order valence-corrected chi connectivity index (χ0v) is 8.62. The molecule has 94 valence electrons. The Morgan fingerprint density at radius 3 is 2.76 bits per heavy atom. The summed E-state index contributed by atoms with van der Waals surface area (Å²) in [5.74, 6) is 0. The van der Waals surface area contributed by atoms with Crippen LogP contribution < -0.4 is 11.2 Å². The lowest BCUT2D eigenvalue weighted by atomic mass is 10.1. The first-order valence-electron chi connectivity index (χ1n) is 4.94. The predicted octanol–water partition coefficient (Wildman–Crippen LogP) is -1.87. The number of halogens is 1. The lowest BCUT2D eigenvalue weighted by Gasteiger charge is -2.15. The van der Waals surface area contributed by atoms with Gasteiger partial charge in [0.25, 0.3) is 5.56 Å². The van der Waals surface area contributed by atoms with E-state index in [9.17, 15) is 19.1 Å². The van der Waals surface area contributed by atoms with E-state index in [4.69, 9.17) is 9.84 Å². The molecule has 7 nitrogen and oxygen atoms in total. The number of ether oxygens (including phenoxy) is 1. The number of aromatic amines is 1. The predicted molar refractivity (Wildman–Crippen MR) is 53.2 cm³/mol. The Morgan fingerprint density at radius 1 is 1.53 bits per heavy atom. The van der Waals surface area contributed by atoms with Crippen LogP contribution in [0.15, 0.2) is 21.9 Å². The molecule has 0 amide bonds. The maximum Gasteiger partial charge on any atom is 0.330 e. The Balaban J connectivity index is 2.35. The molecule has 0 unspecified atom stereocenters. The fourth-order valence-electron chi connectivity index (χ4n) is 1.71. The second kappa shape index (κ2) is 4.40. The Kier molecular flexibility index (Phi) is 3.09. The summed E-state index contributed by atoms with van der Waals surface area (Å²) in [5, 5.41) is 18.2. The highest BCUT2D eigenvalue weighted by Crippen LogP contribution is 2.30. The van der Waals surface area contributed by atoms with E-state index in [1.54, 1.807) is 0 Å². The zero-order valence-electron chi connectivity index (χ0n) is 8.62. The Labute approximate surface area is 94.1 Å². The molecular formula is C9H11FN2O5. The zero-order chi connectivity index (χ0) is 12.6. The molecule has 0 aromatic carbocycles. The Hall–Kier alpha value is -1.51. The molecule has 1 fully saturated rings. The van der Waals surface area contributed by atoms with Crippen molar-refractivity contribution in [2.24, 2.45) is 0 Å². The minimum absolute atomic E-state index is 0.559. The minimum atomic E-state index is -1.85. The van der Waals surface area contributed by atoms with Gasteiger partial charge in [-0.1, -0.05) is 0 Å². The molecule has 0 radical (unpaired) electrons. The number of aliphatic hydroxyl groups excluding tert-OH is 2. The summed E-state index contributed by atoms with van der Waals surface area (Å²) < 4.78 is 19.5. The molecule has 0 saturated carbocycles. The van der Waals surface area contributed by atoms with Crippen molar-refractivity contribution >= 4 is 0 Å². The molecule has 1 aromatic rings. The molecule has 1 aromatic heterocycles. The summed E-state index contributed by atoms with van der Waals surface area (Å²) in [7, 11) is 0. The summed E-state index contributed by atoms with van der Waals surface area (Å²) in [6.45, 7) is -0.559. The minimum Gasteiger partial charge on any atom is -0.394 e. The lowest BCUT2D eigenvalue weighted by Crippen LogP contribution is -2.35. The van der Waals surface area contributed by atoms with Gasteiger partial charge in [-0.25, -0.2) is 9.18 Å². The van der Waals surface area contributed by atoms with E-state index < -0.39 is 42.5 Å². The van der Waals surface area contributed by atoms with Crippen molar-refractivity contribution < 1.29 is 19.3 Å². The highest BCUT2D eigenvalue weighted by atomic mass is 19.1. The average Bonchev–Trinajstić information content (AvgIpc) is 2.57. The van der Waals surface area contributed by atoms with Gasteiger partial charge in [-0.15, -0.1) is 0 Å². The third kappa shape index (κ3) is 2.02. The summed E-state index contributed by atoms with van der Waals surface area (Å²) in [4.78, 5) is 24.2. The van der Waals surface area contributed by atoms with E-state index >= 15 is 0 Å². The third-order valence-corrected chi connectivity index (χ3v) is 2.60. The molecule has 0 spiro atoms. The number of hydrogen-bond donors (Lipinski definition) is 3. The maximum atomic E-state index is 13.6. The number of hydrogen-bond acceptors (Lipinski definition) is 5. The van der Waals surface area contributed by atoms with Gasteiger partial charge >= 0.3 is 5.69 Å². The van der Waals surface area contributed by atoms with Crippen molar-refractivity contribution in [2.75, 3.05) is 6.61 Å². The molecule has 3 N–H and O–H groups in total. The first-order valence-corrected chi connectivity index (χ1v) is 4.94. The first-order chi connectivity index (χ1) is 8.04. The van der Waals surface area contributed by atoms with Crippen LogP contribution in [0, 0.1) is 0 Å². The van der Waals surface area contributed by atoms with E-state index in [-0.39, 0.29) is 0 Å². The Morgan fingerprint density at radius 2 is 2.24 bits per heavy atom. The van der Waals surface area contributed by atoms with Crippen molar-refractivity contribution in [1.29, 1.82) is 0 Å². The van der Waals surface area contributed by atoms with Crippen LogP contribution >= 0.6 is 0 Å². The highest BCUT2D eigenvalue weighted by molar-refractivity contribution is 4.93. The van der Waals surface area contributed by atoms with Crippen LogP contribution in [-0.4, -0.2) is 44.8 Å². The van der Waals surface area contributed by atoms with E-state index in [0.29, 0.717) is 0 Å². The highest BCUT2D eigenvalue weighted by Gasteiger charge is 2.45. The molecule has 4 atom stereocenters. The van der Waals surface area contributed by atoms with Crippen LogP contribution in [0.3, 0.4) is 0 Å². The quantitative estimate of drug-likeness (QED) is 0.567. The number of rotatable bonds is 2. The van der Waals surface area contributed by atoms with Crippen molar-refractivity contribution in [1.82, 2.24) is 9.55 Å². The van der Waals surface area contributed by atoms with Crippen molar-refractivity contribution in [2.45, 2.75) is 24.6 Å². The van der Waals surface area contributed by atoms with Gasteiger partial charge in [-0.2, -0.15) is 0 Å². The van der Waals surface area contributed by atoms with Gasteiger partial charge < -0.3 is 14.9 Å². The number of aliphatic hydroxyl groups is 2. The van der Waals surface area contributed by atoms with Gasteiger partial charge in [0.15, 0.2) is 12.4 Å². The normalized spacial score (nSPS) is 32.9. The summed E-state index contributed by atoms with van der Waals surface area (Å²) in [6, 6.07) is 1.04. The van der Waals surface area contributed by atoms with Crippen LogP contribution in [0.5, 0.6) is 0 Å². The van der Waals surface area contributed by atoms with E-state index in [0.717, 1.165) is 16.8 Å². The fourth-order valence-corrected chi connectivity index (χ4v) is 1.71. The van der Waals surface area contributed by atoms with Crippen molar-refractivity contribution in [3.05, 3.63) is 33.1 Å². The molecule has 1 aliphatic rings. The number of nitrogens with one attached hydrogen (secondary N) is 1. The summed E-state index contributed by atoms with van der Waals surface area (Å²) in [6.07, 6.45) is -4.73. The van der Waals surface area contributed by atoms with Gasteiger partial charge in [0.2, 0.25) is 0 Å². The van der Waals surface area contributed by atoms with Crippen LogP contribution in [0.4, 0.5) is 4.39 Å². The second-order valence-electron chi connectivity index (χ2n) is 3.70. The standard InChI is InChI=1S/C9H11FN2O5/c10-6-7(15)4(3-13)17-8(6)12-2-1-5(14)11-9(12)16/h1-2,4,6-8,13,15H,3H2,(H,11,14,16)/t4-,6+,7+,8-/m0/s1. The monoisotopic (exact) mass is 246 g/mol. The molecule has 0 bridgehead atoms. The molecular weight excluding hydrogens is 235 g/mol. The van der Waals surface area contributed by atoms with Gasteiger partial charge in [0.1, 0.15) is 12.2 Å². The number of nitrogens with zero attached hydrogens (tertiary/aromatic N) is 1. The number of alkyl halides is 1. The molecule has 2 rings (SSSR count). The van der Waals surface area contributed by atoms with Gasteiger partial charge in [-0.3, -0.25) is 14.3 Å². The lowest BCUT2D eigenvalue weighted by molar-refractivity contribution is -0.0491. The SMILES string of the molecule is O=c1ccn([C@H]2O[C@@H](CO)[C@@H](O)[C@H]2F)c(=O)[nH]1. The van der Waals surface area contributed by atoms with Crippen molar-refractivity contribution in [3.63, 3.8) is 0 Å². The molecule has 8 heteroatoms. The van der Waals surface area contributed by atoms with Gasteiger partial charge in [0.05, 0.1) is 6.61 Å². The molecule has 0 aliphatic carbocycles. The van der Waals surface area contributed by atoms with Gasteiger partial charge in [-0.05, 0) is 0 Å². The van der Waals surface area contributed by atoms with Crippen molar-refractivity contribution in [3.8, 4) is 0 Å². The maximum absolute atomic E-state index is 13.6. The summed E-state index contributed by atoms with van der Waals surface area (Å²) >= 11 is 0. The van der Waals surface area contributed by atoms with E-state index in [1.165, 1.54) is 0 Å². The molecule has 2 heterocycles. The van der Waals surface area contributed by atoms with Crippen LogP contribution in [0.25, 0.3) is 0 Å². The largest absolute Gasteiger partial charge is 0.394 e. The first kappa shape index (κ1) is 12.0. The fraction of sp³-hybridized carbons (Fsp3) is 0.556. The van der Waals surface area contributed by atoms with E-state index in [1.807, 2.05) is 4.98 Å². The average molecular weight is 246 g/mol. The molecule has 1 aliphatic heterocycles. The smallest absolute Gasteiger partial charge is 0.330 e. The van der Waals surface area contributed by atoms with Crippen LogP contribution in [0.2, 0.25) is 0 Å². The molecule has 1 saturated heterocycles. The van der Waals surface area contributed by atoms with Crippen LogP contribution in [0.1, 0.15) is 6.23 Å². The second-order valence-corrected chi connectivity index (χ2v) is 3.70. The molecule has 17 heavy (non-hydrogen) atoms. The number of H-pyrrole nitrogens is 1. The number of aromatic nitrogens is 2. The summed E-state index contributed by atoms with van der Waals surface area (Å²) in [5.41, 5.74) is -1.45. The van der Waals surface area contributed by atoms with E-state index in [2.05, 4.69) is 0 Å².